The Labute approximate surface area is 128 Å². The Morgan fingerprint density at radius 2 is 1.76 bits per heavy atom. The predicted molar refractivity (Wildman–Crippen MR) is 86.5 cm³/mol. The van der Waals surface area contributed by atoms with Gasteiger partial charge in [0, 0.05) is 0 Å². The molecule has 1 rings (SSSR count). The fourth-order valence-corrected chi connectivity index (χ4v) is 3.63. The second-order valence-electron chi connectivity index (χ2n) is 5.23. The standard InChI is InChI=1S/C16H27O4P/c1-5-7-13-21(17,18-12-6-2)20-16-11-9-8-10-15(16)19-14(3)4/h8-11,14H,5-7,12-13H2,1-4H3. The molecule has 1 unspecified atom stereocenters. The summed E-state index contributed by atoms with van der Waals surface area (Å²) in [5.74, 6) is 1.09. The Bertz CT molecular complexity index is 447. The zero-order valence-electron chi connectivity index (χ0n) is 13.5. The lowest BCUT2D eigenvalue weighted by Crippen LogP contribution is -2.08. The van der Waals surface area contributed by atoms with Gasteiger partial charge in [-0.2, -0.15) is 0 Å². The van der Waals surface area contributed by atoms with Gasteiger partial charge in [0.15, 0.2) is 11.5 Å². The van der Waals surface area contributed by atoms with Crippen LogP contribution >= 0.6 is 7.60 Å². The van der Waals surface area contributed by atoms with Gasteiger partial charge in [-0.25, -0.2) is 4.57 Å². The highest BCUT2D eigenvalue weighted by molar-refractivity contribution is 7.54. The van der Waals surface area contributed by atoms with Gasteiger partial charge < -0.3 is 9.26 Å². The number of hydrogen-bond acceptors (Lipinski definition) is 4. The maximum absolute atomic E-state index is 12.8. The molecule has 0 heterocycles. The number of ether oxygens (including phenoxy) is 1. The third kappa shape index (κ3) is 6.54. The monoisotopic (exact) mass is 314 g/mol. The van der Waals surface area contributed by atoms with Crippen LogP contribution < -0.4 is 9.26 Å². The second-order valence-corrected chi connectivity index (χ2v) is 7.34. The molecule has 0 amide bonds. The summed E-state index contributed by atoms with van der Waals surface area (Å²) < 4.78 is 29.8. The largest absolute Gasteiger partial charge is 0.487 e. The fraction of sp³-hybridized carbons (Fsp3) is 0.625. The second kappa shape index (κ2) is 9.11. The molecule has 1 aromatic rings. The van der Waals surface area contributed by atoms with E-state index in [-0.39, 0.29) is 6.10 Å². The van der Waals surface area contributed by atoms with Crippen molar-refractivity contribution in [1.82, 2.24) is 0 Å². The van der Waals surface area contributed by atoms with Crippen LogP contribution in [0.3, 0.4) is 0 Å². The maximum Gasteiger partial charge on any atom is 0.379 e. The van der Waals surface area contributed by atoms with Gasteiger partial charge in [-0.05, 0) is 38.8 Å². The number of unbranched alkanes of at least 4 members (excludes halogenated alkanes) is 1. The number of benzene rings is 1. The molecule has 0 aliphatic heterocycles. The molecule has 1 atom stereocenters. The quantitative estimate of drug-likeness (QED) is 0.552. The van der Waals surface area contributed by atoms with E-state index >= 15 is 0 Å². The average molecular weight is 314 g/mol. The van der Waals surface area contributed by atoms with Crippen molar-refractivity contribution in [2.75, 3.05) is 12.8 Å². The molecule has 0 spiro atoms. The molecule has 0 bridgehead atoms. The van der Waals surface area contributed by atoms with Crippen molar-refractivity contribution < 1.29 is 18.3 Å². The van der Waals surface area contributed by atoms with Crippen LogP contribution in [0.5, 0.6) is 11.5 Å². The minimum absolute atomic E-state index is 0.0290. The van der Waals surface area contributed by atoms with E-state index in [1.165, 1.54) is 0 Å². The first kappa shape index (κ1) is 18.1. The smallest absolute Gasteiger partial charge is 0.379 e. The van der Waals surface area contributed by atoms with Crippen molar-refractivity contribution in [2.24, 2.45) is 0 Å². The van der Waals surface area contributed by atoms with Crippen LogP contribution in [0, 0.1) is 0 Å². The summed E-state index contributed by atoms with van der Waals surface area (Å²) in [5, 5.41) is 0. The van der Waals surface area contributed by atoms with Gasteiger partial charge in [-0.15, -0.1) is 0 Å². The zero-order chi connectivity index (χ0) is 15.7. The Balaban J connectivity index is 2.89. The summed E-state index contributed by atoms with van der Waals surface area (Å²) in [6.45, 7) is 8.37. The molecule has 0 radical (unpaired) electrons. The Morgan fingerprint density at radius 1 is 1.10 bits per heavy atom. The van der Waals surface area contributed by atoms with Gasteiger partial charge in [-0.3, -0.25) is 4.52 Å². The lowest BCUT2D eigenvalue weighted by Gasteiger charge is -2.21. The zero-order valence-corrected chi connectivity index (χ0v) is 14.4. The van der Waals surface area contributed by atoms with Crippen molar-refractivity contribution in [3.8, 4) is 11.5 Å². The number of para-hydroxylation sites is 2. The maximum atomic E-state index is 12.8. The SMILES string of the molecule is CCCCP(=O)(OCCC)Oc1ccccc1OC(C)C. The summed E-state index contributed by atoms with van der Waals surface area (Å²) in [4.78, 5) is 0. The first-order valence-electron chi connectivity index (χ1n) is 7.69. The highest BCUT2D eigenvalue weighted by Gasteiger charge is 2.26. The lowest BCUT2D eigenvalue weighted by atomic mass is 10.3. The van der Waals surface area contributed by atoms with Crippen molar-refractivity contribution in [1.29, 1.82) is 0 Å². The molecule has 1 aromatic carbocycles. The molecule has 0 saturated carbocycles. The molecule has 0 saturated heterocycles. The molecule has 0 aliphatic carbocycles. The normalized spacial score (nSPS) is 14.0. The van der Waals surface area contributed by atoms with Crippen molar-refractivity contribution in [2.45, 2.75) is 53.1 Å². The van der Waals surface area contributed by atoms with E-state index in [0.29, 0.717) is 24.3 Å². The lowest BCUT2D eigenvalue weighted by molar-refractivity contribution is 0.227. The first-order valence-corrected chi connectivity index (χ1v) is 9.42. The van der Waals surface area contributed by atoms with E-state index in [2.05, 4.69) is 6.92 Å². The molecule has 0 fully saturated rings. The molecule has 0 aromatic heterocycles. The molecular weight excluding hydrogens is 287 g/mol. The molecule has 0 N–H and O–H groups in total. The Kier molecular flexibility index (Phi) is 7.84. The molecule has 5 heteroatoms. The van der Waals surface area contributed by atoms with Crippen LogP contribution in [0.4, 0.5) is 0 Å². The van der Waals surface area contributed by atoms with Gasteiger partial charge in [0.25, 0.3) is 0 Å². The van der Waals surface area contributed by atoms with Crippen molar-refractivity contribution >= 4 is 7.60 Å². The van der Waals surface area contributed by atoms with Crippen LogP contribution in [-0.4, -0.2) is 18.9 Å². The van der Waals surface area contributed by atoms with E-state index in [1.54, 1.807) is 6.07 Å². The first-order chi connectivity index (χ1) is 10.0. The van der Waals surface area contributed by atoms with Gasteiger partial charge in [0.05, 0.1) is 18.9 Å². The highest BCUT2D eigenvalue weighted by Crippen LogP contribution is 2.51. The minimum atomic E-state index is -3.12. The molecule has 0 aliphatic rings. The minimum Gasteiger partial charge on any atom is -0.487 e. The molecule has 21 heavy (non-hydrogen) atoms. The van der Waals surface area contributed by atoms with E-state index in [0.717, 1.165) is 19.3 Å². The predicted octanol–water partition coefficient (Wildman–Crippen LogP) is 5.27. The third-order valence-electron chi connectivity index (χ3n) is 2.73. The van der Waals surface area contributed by atoms with Gasteiger partial charge in [0.1, 0.15) is 0 Å². The number of rotatable bonds is 10. The molecule has 120 valence electrons. The van der Waals surface area contributed by atoms with Crippen LogP contribution in [0.2, 0.25) is 0 Å². The summed E-state index contributed by atoms with van der Waals surface area (Å²) >= 11 is 0. The van der Waals surface area contributed by atoms with Crippen molar-refractivity contribution in [3.63, 3.8) is 0 Å². The van der Waals surface area contributed by atoms with Crippen LogP contribution in [0.15, 0.2) is 24.3 Å². The Morgan fingerprint density at radius 3 is 2.33 bits per heavy atom. The third-order valence-corrected chi connectivity index (χ3v) is 4.64. The van der Waals surface area contributed by atoms with E-state index < -0.39 is 7.60 Å². The average Bonchev–Trinajstić information content (AvgIpc) is 2.45. The van der Waals surface area contributed by atoms with E-state index in [1.807, 2.05) is 39.0 Å². The van der Waals surface area contributed by atoms with Crippen LogP contribution in [-0.2, 0) is 9.09 Å². The van der Waals surface area contributed by atoms with Crippen molar-refractivity contribution in [3.05, 3.63) is 24.3 Å². The topological polar surface area (TPSA) is 44.8 Å². The summed E-state index contributed by atoms with van der Waals surface area (Å²) in [7, 11) is -3.12. The number of hydrogen-bond donors (Lipinski definition) is 0. The van der Waals surface area contributed by atoms with E-state index in [9.17, 15) is 4.57 Å². The summed E-state index contributed by atoms with van der Waals surface area (Å²) in [6.07, 6.45) is 3.03. The van der Waals surface area contributed by atoms with Crippen LogP contribution in [0.1, 0.15) is 47.0 Å². The molecular formula is C16H27O4P. The fourth-order valence-electron chi connectivity index (χ4n) is 1.75. The molecule has 4 nitrogen and oxygen atoms in total. The highest BCUT2D eigenvalue weighted by atomic mass is 31.2. The summed E-state index contributed by atoms with van der Waals surface area (Å²) in [5.41, 5.74) is 0. The van der Waals surface area contributed by atoms with Gasteiger partial charge in [0.2, 0.25) is 0 Å². The van der Waals surface area contributed by atoms with Crippen LogP contribution in [0.25, 0.3) is 0 Å². The Hall–Kier alpha value is -0.990. The van der Waals surface area contributed by atoms with E-state index in [4.69, 9.17) is 13.8 Å². The van der Waals surface area contributed by atoms with Gasteiger partial charge in [-0.1, -0.05) is 32.4 Å². The van der Waals surface area contributed by atoms with Gasteiger partial charge >= 0.3 is 7.60 Å². The summed E-state index contributed by atoms with van der Waals surface area (Å²) in [6, 6.07) is 7.30.